The van der Waals surface area contributed by atoms with Crippen LogP contribution in [0.4, 0.5) is 5.95 Å². The maximum Gasteiger partial charge on any atom is 0.254 e. The minimum atomic E-state index is -0.209. The average molecular weight is 367 g/mol. The largest absolute Gasteiger partial charge is 0.350 e. The zero-order chi connectivity index (χ0) is 18.4. The van der Waals surface area contributed by atoms with Crippen molar-refractivity contribution in [3.63, 3.8) is 0 Å². The van der Waals surface area contributed by atoms with Gasteiger partial charge in [-0.2, -0.15) is 0 Å². The summed E-state index contributed by atoms with van der Waals surface area (Å²) in [7, 11) is 0. The molecule has 0 aliphatic rings. The molecule has 0 saturated heterocycles. The molecule has 2 aromatic carbocycles. The first-order valence-corrected chi connectivity index (χ1v) is 8.66. The molecule has 1 unspecified atom stereocenters. The number of halogens is 1. The SMILES string of the molecule is CC(NC(=O)c1cnc(NCc2ccccc2Cl)nc1)c1ccccc1. The number of hydrogen-bond donors (Lipinski definition) is 2. The van der Waals surface area contributed by atoms with Crippen molar-refractivity contribution < 1.29 is 4.79 Å². The first-order chi connectivity index (χ1) is 12.6. The van der Waals surface area contributed by atoms with E-state index in [1.54, 1.807) is 0 Å². The van der Waals surface area contributed by atoms with E-state index < -0.39 is 0 Å². The first-order valence-electron chi connectivity index (χ1n) is 8.28. The maximum atomic E-state index is 12.3. The number of nitrogens with one attached hydrogen (secondary N) is 2. The number of benzene rings is 2. The number of carbonyl (C=O) groups excluding carboxylic acids is 1. The summed E-state index contributed by atoms with van der Waals surface area (Å²) in [6.45, 7) is 2.45. The van der Waals surface area contributed by atoms with Crippen molar-refractivity contribution in [2.75, 3.05) is 5.32 Å². The van der Waals surface area contributed by atoms with Gasteiger partial charge >= 0.3 is 0 Å². The summed E-state index contributed by atoms with van der Waals surface area (Å²) in [5.74, 6) is 0.233. The average Bonchev–Trinajstić information content (AvgIpc) is 2.68. The number of aromatic nitrogens is 2. The molecule has 1 aromatic heterocycles. The molecule has 0 saturated carbocycles. The Morgan fingerprint density at radius 3 is 2.38 bits per heavy atom. The van der Waals surface area contributed by atoms with E-state index >= 15 is 0 Å². The molecule has 0 radical (unpaired) electrons. The monoisotopic (exact) mass is 366 g/mol. The third kappa shape index (κ3) is 4.58. The number of carbonyl (C=O) groups is 1. The third-order valence-corrected chi connectivity index (χ3v) is 4.32. The maximum absolute atomic E-state index is 12.3. The van der Waals surface area contributed by atoms with Crippen LogP contribution in [0.1, 0.15) is 34.5 Å². The molecule has 1 amide bonds. The smallest absolute Gasteiger partial charge is 0.254 e. The second-order valence-corrected chi connectivity index (χ2v) is 6.25. The molecule has 1 atom stereocenters. The van der Waals surface area contributed by atoms with Crippen LogP contribution < -0.4 is 10.6 Å². The molecule has 1 heterocycles. The highest BCUT2D eigenvalue weighted by molar-refractivity contribution is 6.31. The topological polar surface area (TPSA) is 66.9 Å². The number of hydrogen-bond acceptors (Lipinski definition) is 4. The van der Waals surface area contributed by atoms with E-state index in [2.05, 4.69) is 20.6 Å². The molecule has 2 N–H and O–H groups in total. The van der Waals surface area contributed by atoms with Crippen molar-refractivity contribution in [2.24, 2.45) is 0 Å². The van der Waals surface area contributed by atoms with Gasteiger partial charge < -0.3 is 10.6 Å². The number of anilines is 1. The molecule has 26 heavy (non-hydrogen) atoms. The van der Waals surface area contributed by atoms with Gasteiger partial charge in [-0.1, -0.05) is 60.1 Å². The van der Waals surface area contributed by atoms with Crippen LogP contribution in [0.5, 0.6) is 0 Å². The van der Waals surface area contributed by atoms with Crippen LogP contribution in [-0.2, 0) is 6.54 Å². The molecule has 0 fully saturated rings. The number of rotatable bonds is 6. The molecule has 0 aliphatic heterocycles. The van der Waals surface area contributed by atoms with Gasteiger partial charge in [0.1, 0.15) is 0 Å². The van der Waals surface area contributed by atoms with Gasteiger partial charge in [0.25, 0.3) is 5.91 Å². The Hall–Kier alpha value is -2.92. The summed E-state index contributed by atoms with van der Waals surface area (Å²) in [5, 5.41) is 6.72. The van der Waals surface area contributed by atoms with Gasteiger partial charge in [0, 0.05) is 24.0 Å². The van der Waals surface area contributed by atoms with Crippen LogP contribution in [0.3, 0.4) is 0 Å². The zero-order valence-electron chi connectivity index (χ0n) is 14.3. The van der Waals surface area contributed by atoms with Crippen molar-refractivity contribution >= 4 is 23.5 Å². The summed E-state index contributed by atoms with van der Waals surface area (Å²) >= 11 is 6.12. The molecule has 6 heteroatoms. The summed E-state index contributed by atoms with van der Waals surface area (Å²) in [4.78, 5) is 20.7. The van der Waals surface area contributed by atoms with Crippen LogP contribution in [0.2, 0.25) is 5.02 Å². The molecule has 0 bridgehead atoms. The van der Waals surface area contributed by atoms with Crippen molar-refractivity contribution in [3.05, 3.63) is 88.7 Å². The second-order valence-electron chi connectivity index (χ2n) is 5.85. The zero-order valence-corrected chi connectivity index (χ0v) is 15.1. The second kappa shape index (κ2) is 8.45. The van der Waals surface area contributed by atoms with E-state index in [0.29, 0.717) is 23.1 Å². The Morgan fingerprint density at radius 2 is 1.69 bits per heavy atom. The Morgan fingerprint density at radius 1 is 1.04 bits per heavy atom. The normalized spacial score (nSPS) is 11.6. The van der Waals surface area contributed by atoms with Crippen LogP contribution in [-0.4, -0.2) is 15.9 Å². The lowest BCUT2D eigenvalue weighted by molar-refractivity contribution is 0.0939. The first kappa shape index (κ1) is 17.9. The fraction of sp³-hybridized carbons (Fsp3) is 0.150. The van der Waals surface area contributed by atoms with Crippen molar-refractivity contribution in [1.29, 1.82) is 0 Å². The van der Waals surface area contributed by atoms with Gasteiger partial charge in [-0.3, -0.25) is 4.79 Å². The summed E-state index contributed by atoms with van der Waals surface area (Å²) < 4.78 is 0. The predicted octanol–water partition coefficient (Wildman–Crippen LogP) is 4.23. The van der Waals surface area contributed by atoms with Crippen LogP contribution in [0.15, 0.2) is 67.0 Å². The van der Waals surface area contributed by atoms with Crippen molar-refractivity contribution in [2.45, 2.75) is 19.5 Å². The van der Waals surface area contributed by atoms with E-state index in [1.807, 2.05) is 61.5 Å². The van der Waals surface area contributed by atoms with Gasteiger partial charge in [-0.25, -0.2) is 9.97 Å². The molecule has 5 nitrogen and oxygen atoms in total. The van der Waals surface area contributed by atoms with Gasteiger partial charge in [0.05, 0.1) is 11.6 Å². The summed E-state index contributed by atoms with van der Waals surface area (Å²) in [5.41, 5.74) is 2.41. The van der Waals surface area contributed by atoms with Crippen LogP contribution >= 0.6 is 11.6 Å². The molecule has 132 valence electrons. The molecular formula is C20H19ClN4O. The van der Waals surface area contributed by atoms with E-state index in [-0.39, 0.29) is 11.9 Å². The van der Waals surface area contributed by atoms with E-state index in [9.17, 15) is 4.79 Å². The standard InChI is InChI=1S/C20H19ClN4O/c1-14(15-7-3-2-4-8-15)25-19(26)17-12-23-20(24-13-17)22-11-16-9-5-6-10-18(16)21/h2-10,12-14H,11H2,1H3,(H,25,26)(H,22,23,24). The fourth-order valence-electron chi connectivity index (χ4n) is 2.46. The fourth-order valence-corrected chi connectivity index (χ4v) is 2.66. The van der Waals surface area contributed by atoms with Gasteiger partial charge in [0.15, 0.2) is 0 Å². The molecular weight excluding hydrogens is 348 g/mol. The van der Waals surface area contributed by atoms with E-state index in [4.69, 9.17) is 11.6 Å². The third-order valence-electron chi connectivity index (χ3n) is 3.96. The highest BCUT2D eigenvalue weighted by atomic mass is 35.5. The minimum absolute atomic E-state index is 0.0956. The molecule has 0 spiro atoms. The van der Waals surface area contributed by atoms with E-state index in [1.165, 1.54) is 12.4 Å². The Bertz CT molecular complexity index is 868. The van der Waals surface area contributed by atoms with Gasteiger partial charge in [-0.05, 0) is 24.1 Å². The quantitative estimate of drug-likeness (QED) is 0.685. The number of amides is 1. The number of nitrogens with zero attached hydrogens (tertiary/aromatic N) is 2. The van der Waals surface area contributed by atoms with Crippen molar-refractivity contribution in [1.82, 2.24) is 15.3 Å². The minimum Gasteiger partial charge on any atom is -0.350 e. The molecule has 0 aliphatic carbocycles. The highest BCUT2D eigenvalue weighted by Crippen LogP contribution is 2.16. The van der Waals surface area contributed by atoms with Crippen molar-refractivity contribution in [3.8, 4) is 0 Å². The van der Waals surface area contributed by atoms with E-state index in [0.717, 1.165) is 11.1 Å². The van der Waals surface area contributed by atoms with Crippen LogP contribution in [0, 0.1) is 0 Å². The Labute approximate surface area is 157 Å². The summed E-state index contributed by atoms with van der Waals surface area (Å²) in [6.07, 6.45) is 3.02. The Balaban J connectivity index is 1.58. The lowest BCUT2D eigenvalue weighted by Crippen LogP contribution is -2.26. The van der Waals surface area contributed by atoms with Gasteiger partial charge in [0.2, 0.25) is 5.95 Å². The lowest BCUT2D eigenvalue weighted by Gasteiger charge is -2.14. The summed E-state index contributed by atoms with van der Waals surface area (Å²) in [6, 6.07) is 17.3. The van der Waals surface area contributed by atoms with Crippen LogP contribution in [0.25, 0.3) is 0 Å². The lowest BCUT2D eigenvalue weighted by atomic mass is 10.1. The predicted molar refractivity (Wildman–Crippen MR) is 103 cm³/mol. The highest BCUT2D eigenvalue weighted by Gasteiger charge is 2.12. The van der Waals surface area contributed by atoms with Gasteiger partial charge in [-0.15, -0.1) is 0 Å². The molecule has 3 aromatic rings. The molecule has 3 rings (SSSR count). The Kier molecular flexibility index (Phi) is 5.81.